The van der Waals surface area contributed by atoms with Gasteiger partial charge in [-0.05, 0) is 6.07 Å². The van der Waals surface area contributed by atoms with Crippen LogP contribution < -0.4 is 9.47 Å². The van der Waals surface area contributed by atoms with Crippen molar-refractivity contribution in [2.75, 3.05) is 7.11 Å². The Labute approximate surface area is 131 Å². The number of rotatable bonds is 8. The van der Waals surface area contributed by atoms with E-state index >= 15 is 0 Å². The van der Waals surface area contributed by atoms with E-state index in [-0.39, 0.29) is 12.4 Å². The fourth-order valence-electron chi connectivity index (χ4n) is 1.87. The molecule has 0 spiro atoms. The molecule has 0 aliphatic heterocycles. The lowest BCUT2D eigenvalue weighted by molar-refractivity contribution is 0.111. The van der Waals surface area contributed by atoms with Crippen LogP contribution in [0.25, 0.3) is 0 Å². The number of hydrogen-bond acceptors (Lipinski definition) is 9. The second-order valence-corrected chi connectivity index (χ2v) is 4.35. The van der Waals surface area contributed by atoms with Gasteiger partial charge in [0.05, 0.1) is 24.6 Å². The van der Waals surface area contributed by atoms with Crippen molar-refractivity contribution in [3.8, 4) is 11.6 Å². The normalized spacial score (nSPS) is 11.3. The number of methoxy groups -OCH3 is 1. The van der Waals surface area contributed by atoms with E-state index in [1.165, 1.54) is 25.6 Å². The second kappa shape index (κ2) is 7.69. The van der Waals surface area contributed by atoms with Crippen LogP contribution in [0.15, 0.2) is 40.8 Å². The number of nitrogens with zero attached hydrogens (tertiary/aromatic N) is 4. The number of nitrogens with one attached hydrogen (secondary N) is 2. The van der Waals surface area contributed by atoms with Crippen LogP contribution in [-0.2, 0) is 6.61 Å². The minimum atomic E-state index is -1.01. The Kier molecular flexibility index (Phi) is 5.40. The molecule has 9 heteroatoms. The first-order valence-electron chi connectivity index (χ1n) is 6.52. The summed E-state index contributed by atoms with van der Waals surface area (Å²) in [6.07, 6.45) is 2.55. The molecule has 118 valence electrons. The summed E-state index contributed by atoms with van der Waals surface area (Å²) >= 11 is 0. The topological polar surface area (TPSA) is 134 Å². The van der Waals surface area contributed by atoms with Crippen molar-refractivity contribution in [3.05, 3.63) is 47.4 Å². The third-order valence-electron chi connectivity index (χ3n) is 3.01. The zero-order chi connectivity index (χ0) is 16.7. The zero-order valence-corrected chi connectivity index (χ0v) is 12.3. The first-order valence-corrected chi connectivity index (χ1v) is 6.52. The van der Waals surface area contributed by atoms with Gasteiger partial charge in [0.2, 0.25) is 12.0 Å². The fourth-order valence-corrected chi connectivity index (χ4v) is 1.87. The molecule has 2 aromatic heterocycles. The first-order chi connectivity index (χ1) is 11.2. The van der Waals surface area contributed by atoms with Crippen LogP contribution in [0.5, 0.6) is 11.6 Å². The van der Waals surface area contributed by atoms with Gasteiger partial charge in [-0.15, -0.1) is 0 Å². The first kappa shape index (κ1) is 16.1. The lowest BCUT2D eigenvalue weighted by Gasteiger charge is -2.12. The number of carbonyl (C=O) groups is 1. The summed E-state index contributed by atoms with van der Waals surface area (Å²) in [4.78, 5) is 19.2. The number of hydrogen-bond donors (Lipinski definition) is 2. The SMILES string of the molecule is COc1cc(C=O)c(OCc2cccnc2C(N=N)N=N)cn1. The molecule has 0 radical (unpaired) electrons. The largest absolute Gasteiger partial charge is 0.486 e. The zero-order valence-electron chi connectivity index (χ0n) is 12.3. The molecule has 23 heavy (non-hydrogen) atoms. The van der Waals surface area contributed by atoms with Gasteiger partial charge in [-0.25, -0.2) is 16.0 Å². The summed E-state index contributed by atoms with van der Waals surface area (Å²) < 4.78 is 10.6. The summed E-state index contributed by atoms with van der Waals surface area (Å²) in [6.45, 7) is 0.0690. The van der Waals surface area contributed by atoms with Gasteiger partial charge in [0.25, 0.3) is 0 Å². The standard InChI is InChI=1S/C14H14N6O3/c1-22-12-5-10(7-21)11(6-18-12)23-8-9-3-2-4-17-13(9)14(19-15)20-16/h2-7,14-16H,8H2,1H3. The molecule has 2 aromatic rings. The molecule has 0 fully saturated rings. The van der Waals surface area contributed by atoms with Gasteiger partial charge in [0.15, 0.2) is 6.29 Å². The predicted octanol–water partition coefficient (Wildman–Crippen LogP) is 2.94. The number of carbonyl (C=O) groups excluding carboxylic acids is 1. The molecule has 0 atom stereocenters. The van der Waals surface area contributed by atoms with Crippen LogP contribution in [-0.4, -0.2) is 23.4 Å². The minimum absolute atomic E-state index is 0.0690. The number of ether oxygens (including phenoxy) is 2. The average molecular weight is 314 g/mol. The molecular weight excluding hydrogens is 300 g/mol. The Hall–Kier alpha value is -3.23. The van der Waals surface area contributed by atoms with Crippen LogP contribution in [0.2, 0.25) is 0 Å². The Bertz CT molecular complexity index is 713. The van der Waals surface area contributed by atoms with Crippen LogP contribution in [0.3, 0.4) is 0 Å². The van der Waals surface area contributed by atoms with Crippen LogP contribution in [0, 0.1) is 11.1 Å². The Morgan fingerprint density at radius 1 is 1.35 bits per heavy atom. The molecule has 2 heterocycles. The van der Waals surface area contributed by atoms with Gasteiger partial charge >= 0.3 is 0 Å². The van der Waals surface area contributed by atoms with Crippen molar-refractivity contribution in [2.45, 2.75) is 12.8 Å². The lowest BCUT2D eigenvalue weighted by Crippen LogP contribution is -2.06. The molecule has 0 amide bonds. The summed E-state index contributed by atoms with van der Waals surface area (Å²) in [6, 6.07) is 4.89. The Morgan fingerprint density at radius 2 is 2.13 bits per heavy atom. The van der Waals surface area contributed by atoms with E-state index in [0.29, 0.717) is 29.0 Å². The van der Waals surface area contributed by atoms with Crippen molar-refractivity contribution in [3.63, 3.8) is 0 Å². The Morgan fingerprint density at radius 3 is 2.78 bits per heavy atom. The highest BCUT2D eigenvalue weighted by molar-refractivity contribution is 5.79. The van der Waals surface area contributed by atoms with Gasteiger partial charge in [-0.1, -0.05) is 6.07 Å². The molecule has 2 rings (SSSR count). The predicted molar refractivity (Wildman–Crippen MR) is 77.8 cm³/mol. The van der Waals surface area contributed by atoms with Gasteiger partial charge in [-0.3, -0.25) is 9.78 Å². The van der Waals surface area contributed by atoms with E-state index in [4.69, 9.17) is 20.5 Å². The van der Waals surface area contributed by atoms with E-state index in [0.717, 1.165) is 0 Å². The molecule has 0 aromatic carbocycles. The van der Waals surface area contributed by atoms with E-state index in [1.807, 2.05) is 0 Å². The molecule has 9 nitrogen and oxygen atoms in total. The molecule has 2 N–H and O–H groups in total. The highest BCUT2D eigenvalue weighted by Gasteiger charge is 2.16. The fraction of sp³-hybridized carbons (Fsp3) is 0.214. The smallest absolute Gasteiger partial charge is 0.222 e. The van der Waals surface area contributed by atoms with Crippen molar-refractivity contribution in [1.82, 2.24) is 9.97 Å². The van der Waals surface area contributed by atoms with E-state index in [2.05, 4.69) is 20.2 Å². The summed E-state index contributed by atoms with van der Waals surface area (Å²) in [5, 5.41) is 6.48. The van der Waals surface area contributed by atoms with Crippen molar-refractivity contribution in [2.24, 2.45) is 10.2 Å². The number of aldehydes is 1. The second-order valence-electron chi connectivity index (χ2n) is 4.35. The highest BCUT2D eigenvalue weighted by Crippen LogP contribution is 2.24. The van der Waals surface area contributed by atoms with Gasteiger partial charge in [-0.2, -0.15) is 10.2 Å². The van der Waals surface area contributed by atoms with Crippen molar-refractivity contribution >= 4 is 6.29 Å². The maximum Gasteiger partial charge on any atom is 0.222 e. The maximum absolute atomic E-state index is 11.1. The highest BCUT2D eigenvalue weighted by atomic mass is 16.5. The van der Waals surface area contributed by atoms with Crippen molar-refractivity contribution < 1.29 is 14.3 Å². The van der Waals surface area contributed by atoms with Crippen LogP contribution in [0.1, 0.15) is 27.8 Å². The molecule has 0 aliphatic rings. The molecule has 0 saturated heterocycles. The van der Waals surface area contributed by atoms with Crippen molar-refractivity contribution in [1.29, 1.82) is 11.1 Å². The quantitative estimate of drug-likeness (QED) is 0.570. The van der Waals surface area contributed by atoms with E-state index in [1.54, 1.807) is 12.1 Å². The third kappa shape index (κ3) is 3.70. The molecule has 0 aliphatic carbocycles. The maximum atomic E-state index is 11.1. The summed E-state index contributed by atoms with van der Waals surface area (Å²) in [5.41, 5.74) is 15.4. The van der Waals surface area contributed by atoms with Crippen LogP contribution in [0.4, 0.5) is 0 Å². The molecule has 0 unspecified atom stereocenters. The Balaban J connectivity index is 2.23. The van der Waals surface area contributed by atoms with E-state index in [9.17, 15) is 4.79 Å². The van der Waals surface area contributed by atoms with Crippen LogP contribution >= 0.6 is 0 Å². The minimum Gasteiger partial charge on any atom is -0.486 e. The van der Waals surface area contributed by atoms with Gasteiger partial charge < -0.3 is 9.47 Å². The number of aromatic nitrogens is 2. The summed E-state index contributed by atoms with van der Waals surface area (Å²) in [5.74, 6) is 0.598. The average Bonchev–Trinajstić information content (AvgIpc) is 2.61. The number of pyridine rings is 2. The van der Waals surface area contributed by atoms with Gasteiger partial charge in [0, 0.05) is 17.8 Å². The molecule has 0 bridgehead atoms. The summed E-state index contributed by atoms with van der Waals surface area (Å²) in [7, 11) is 1.45. The molecular formula is C14H14N6O3. The molecule has 0 saturated carbocycles. The van der Waals surface area contributed by atoms with E-state index < -0.39 is 6.17 Å². The van der Waals surface area contributed by atoms with Gasteiger partial charge in [0.1, 0.15) is 12.4 Å². The monoisotopic (exact) mass is 314 g/mol. The third-order valence-corrected chi connectivity index (χ3v) is 3.01. The lowest BCUT2D eigenvalue weighted by atomic mass is 10.1.